The Morgan fingerprint density at radius 3 is 2.48 bits per heavy atom. The number of hydrogen-bond acceptors (Lipinski definition) is 3. The Morgan fingerprint density at radius 1 is 1.10 bits per heavy atom. The average molecular weight is 371 g/mol. The molecule has 21 heavy (non-hydrogen) atoms. The molecule has 0 aliphatic carbocycles. The standard InChI is InChI=1S/C15H14BrClFN3/c16-11-8-14(18)15(19-10-11)21-6-4-20(5-7-21)13-3-1-2-12(17)9-13/h1-3,8-10H,4-7H2. The molecule has 0 spiro atoms. The summed E-state index contributed by atoms with van der Waals surface area (Å²) in [6, 6.07) is 9.25. The van der Waals surface area contributed by atoms with Gasteiger partial charge in [-0.3, -0.25) is 0 Å². The third kappa shape index (κ3) is 3.30. The van der Waals surface area contributed by atoms with Crippen LogP contribution in [0.15, 0.2) is 41.0 Å². The molecule has 2 heterocycles. The van der Waals surface area contributed by atoms with E-state index < -0.39 is 0 Å². The van der Waals surface area contributed by atoms with E-state index in [1.165, 1.54) is 6.07 Å². The van der Waals surface area contributed by atoms with E-state index in [1.807, 2.05) is 29.2 Å². The molecular formula is C15H14BrClFN3. The second-order valence-electron chi connectivity index (χ2n) is 4.91. The maximum atomic E-state index is 13.9. The monoisotopic (exact) mass is 369 g/mol. The normalized spacial score (nSPS) is 15.4. The van der Waals surface area contributed by atoms with Crippen molar-refractivity contribution in [1.29, 1.82) is 0 Å². The molecule has 1 aromatic heterocycles. The summed E-state index contributed by atoms with van der Waals surface area (Å²) >= 11 is 9.25. The quantitative estimate of drug-likeness (QED) is 0.797. The van der Waals surface area contributed by atoms with E-state index in [0.717, 1.165) is 36.9 Å². The van der Waals surface area contributed by atoms with Gasteiger partial charge >= 0.3 is 0 Å². The predicted octanol–water partition coefficient (Wildman–Crippen LogP) is 3.96. The molecule has 0 saturated carbocycles. The van der Waals surface area contributed by atoms with E-state index in [4.69, 9.17) is 11.6 Å². The number of nitrogens with zero attached hydrogens (tertiary/aromatic N) is 3. The zero-order chi connectivity index (χ0) is 14.8. The summed E-state index contributed by atoms with van der Waals surface area (Å²) in [5.41, 5.74) is 1.10. The number of piperazine rings is 1. The Labute approximate surface area is 136 Å². The van der Waals surface area contributed by atoms with Crippen LogP contribution in [0.5, 0.6) is 0 Å². The lowest BCUT2D eigenvalue weighted by atomic mass is 10.2. The number of halogens is 3. The van der Waals surface area contributed by atoms with Gasteiger partial charge < -0.3 is 9.80 Å². The van der Waals surface area contributed by atoms with Crippen LogP contribution in [0.4, 0.5) is 15.9 Å². The van der Waals surface area contributed by atoms with Gasteiger partial charge in [0, 0.05) is 47.6 Å². The van der Waals surface area contributed by atoms with E-state index in [0.29, 0.717) is 10.3 Å². The van der Waals surface area contributed by atoms with Gasteiger partial charge in [0.15, 0.2) is 11.6 Å². The van der Waals surface area contributed by atoms with Gasteiger partial charge in [0.2, 0.25) is 0 Å². The van der Waals surface area contributed by atoms with Gasteiger partial charge in [0.25, 0.3) is 0 Å². The molecule has 2 aromatic rings. The fraction of sp³-hybridized carbons (Fsp3) is 0.267. The van der Waals surface area contributed by atoms with Gasteiger partial charge in [0.1, 0.15) is 0 Å². The molecule has 0 N–H and O–H groups in total. The van der Waals surface area contributed by atoms with Gasteiger partial charge in [0.05, 0.1) is 0 Å². The van der Waals surface area contributed by atoms with Crippen LogP contribution in [-0.4, -0.2) is 31.2 Å². The molecule has 3 nitrogen and oxygen atoms in total. The largest absolute Gasteiger partial charge is 0.368 e. The summed E-state index contributed by atoms with van der Waals surface area (Å²) in [4.78, 5) is 8.40. The Morgan fingerprint density at radius 2 is 1.81 bits per heavy atom. The summed E-state index contributed by atoms with van der Waals surface area (Å²) < 4.78 is 14.6. The van der Waals surface area contributed by atoms with Gasteiger partial charge in [-0.2, -0.15) is 0 Å². The Balaban J connectivity index is 1.70. The lowest BCUT2D eigenvalue weighted by molar-refractivity contribution is 0.588. The zero-order valence-electron chi connectivity index (χ0n) is 11.3. The van der Waals surface area contributed by atoms with Crippen molar-refractivity contribution >= 4 is 39.0 Å². The number of benzene rings is 1. The summed E-state index contributed by atoms with van der Waals surface area (Å²) in [7, 11) is 0. The highest BCUT2D eigenvalue weighted by Crippen LogP contribution is 2.24. The Hall–Kier alpha value is -1.33. The number of anilines is 2. The van der Waals surface area contributed by atoms with E-state index >= 15 is 0 Å². The van der Waals surface area contributed by atoms with Crippen LogP contribution in [0.2, 0.25) is 5.02 Å². The molecule has 0 unspecified atom stereocenters. The topological polar surface area (TPSA) is 19.4 Å². The van der Waals surface area contributed by atoms with Crippen LogP contribution in [0.1, 0.15) is 0 Å². The van der Waals surface area contributed by atoms with Crippen molar-refractivity contribution in [3.8, 4) is 0 Å². The van der Waals surface area contributed by atoms with Gasteiger partial charge in [-0.25, -0.2) is 9.37 Å². The summed E-state index contributed by atoms with van der Waals surface area (Å²) in [5, 5.41) is 0.732. The molecule has 1 aromatic carbocycles. The highest BCUT2D eigenvalue weighted by Gasteiger charge is 2.20. The fourth-order valence-corrected chi connectivity index (χ4v) is 2.98. The molecule has 0 radical (unpaired) electrons. The molecule has 1 fully saturated rings. The first kappa shape index (κ1) is 14.6. The number of rotatable bonds is 2. The van der Waals surface area contributed by atoms with E-state index in [9.17, 15) is 4.39 Å². The molecular weight excluding hydrogens is 357 g/mol. The molecule has 0 amide bonds. The predicted molar refractivity (Wildman–Crippen MR) is 87.8 cm³/mol. The van der Waals surface area contributed by atoms with Crippen LogP contribution in [0.3, 0.4) is 0 Å². The molecule has 3 rings (SSSR count). The molecule has 110 valence electrons. The number of hydrogen-bond donors (Lipinski definition) is 0. The molecule has 0 bridgehead atoms. The van der Waals surface area contributed by atoms with Crippen LogP contribution in [0, 0.1) is 5.82 Å². The first-order chi connectivity index (χ1) is 10.1. The summed E-state index contributed by atoms with van der Waals surface area (Å²) in [5.74, 6) is 0.129. The summed E-state index contributed by atoms with van der Waals surface area (Å²) in [6.45, 7) is 3.10. The minimum atomic E-state index is -0.291. The molecule has 0 atom stereocenters. The van der Waals surface area contributed by atoms with Crippen molar-refractivity contribution in [2.75, 3.05) is 36.0 Å². The smallest absolute Gasteiger partial charge is 0.166 e. The highest BCUT2D eigenvalue weighted by atomic mass is 79.9. The fourth-order valence-electron chi connectivity index (χ4n) is 2.49. The molecule has 6 heteroatoms. The van der Waals surface area contributed by atoms with Crippen molar-refractivity contribution < 1.29 is 4.39 Å². The molecule has 1 aliphatic rings. The van der Waals surface area contributed by atoms with E-state index in [2.05, 4.69) is 25.8 Å². The third-order valence-electron chi connectivity index (χ3n) is 3.54. The minimum absolute atomic E-state index is 0.291. The van der Waals surface area contributed by atoms with Crippen molar-refractivity contribution in [3.63, 3.8) is 0 Å². The maximum absolute atomic E-state index is 13.9. The lowest BCUT2D eigenvalue weighted by Crippen LogP contribution is -2.47. The van der Waals surface area contributed by atoms with Gasteiger partial charge in [-0.15, -0.1) is 0 Å². The average Bonchev–Trinajstić information content (AvgIpc) is 2.47. The van der Waals surface area contributed by atoms with Crippen molar-refractivity contribution in [2.45, 2.75) is 0 Å². The van der Waals surface area contributed by atoms with Crippen molar-refractivity contribution in [3.05, 3.63) is 51.8 Å². The lowest BCUT2D eigenvalue weighted by Gasteiger charge is -2.36. The minimum Gasteiger partial charge on any atom is -0.368 e. The second-order valence-corrected chi connectivity index (χ2v) is 6.27. The van der Waals surface area contributed by atoms with E-state index in [-0.39, 0.29) is 5.82 Å². The molecule has 1 aliphatic heterocycles. The highest BCUT2D eigenvalue weighted by molar-refractivity contribution is 9.10. The Kier molecular flexibility index (Phi) is 4.31. The van der Waals surface area contributed by atoms with Crippen LogP contribution < -0.4 is 9.80 Å². The van der Waals surface area contributed by atoms with Gasteiger partial charge in [-0.05, 0) is 40.2 Å². The number of aromatic nitrogens is 1. The molecule has 1 saturated heterocycles. The van der Waals surface area contributed by atoms with Crippen LogP contribution in [-0.2, 0) is 0 Å². The maximum Gasteiger partial charge on any atom is 0.166 e. The first-order valence-electron chi connectivity index (χ1n) is 6.70. The first-order valence-corrected chi connectivity index (χ1v) is 7.87. The van der Waals surface area contributed by atoms with E-state index in [1.54, 1.807) is 6.20 Å². The zero-order valence-corrected chi connectivity index (χ0v) is 13.6. The van der Waals surface area contributed by atoms with Crippen molar-refractivity contribution in [1.82, 2.24) is 4.98 Å². The Bertz CT molecular complexity index is 645. The second kappa shape index (κ2) is 6.20. The number of pyridine rings is 1. The summed E-state index contributed by atoms with van der Waals surface area (Å²) in [6.07, 6.45) is 1.63. The SMILES string of the molecule is Fc1cc(Br)cnc1N1CCN(c2cccc(Cl)c2)CC1. The van der Waals surface area contributed by atoms with Crippen LogP contribution in [0.25, 0.3) is 0 Å². The van der Waals surface area contributed by atoms with Crippen molar-refractivity contribution in [2.24, 2.45) is 0 Å². The van der Waals surface area contributed by atoms with Crippen LogP contribution >= 0.6 is 27.5 Å². The third-order valence-corrected chi connectivity index (χ3v) is 4.21. The van der Waals surface area contributed by atoms with Gasteiger partial charge in [-0.1, -0.05) is 17.7 Å².